The van der Waals surface area contributed by atoms with Crippen LogP contribution in [0.2, 0.25) is 0 Å². The predicted molar refractivity (Wildman–Crippen MR) is 54.7 cm³/mol. The van der Waals surface area contributed by atoms with Gasteiger partial charge >= 0.3 is 0 Å². The number of hydrogen-bond acceptors (Lipinski definition) is 1. The van der Waals surface area contributed by atoms with Crippen molar-refractivity contribution in [3.8, 4) is 0 Å². The molecule has 1 aliphatic heterocycles. The minimum atomic E-state index is 0.669. The quantitative estimate of drug-likeness (QED) is 0.636. The monoisotopic (exact) mass is 178 g/mol. The van der Waals surface area contributed by atoms with Crippen LogP contribution in [0.1, 0.15) is 25.1 Å². The van der Waals surface area contributed by atoms with Crippen LogP contribution in [0.4, 0.5) is 0 Å². The van der Waals surface area contributed by atoms with Crippen LogP contribution in [-0.4, -0.2) is 22.1 Å². The summed E-state index contributed by atoms with van der Waals surface area (Å²) in [4.78, 5) is 2.53. The molecular formula is C11H18N2. The molecule has 0 spiro atoms. The molecule has 0 N–H and O–H groups in total. The lowest BCUT2D eigenvalue weighted by Crippen LogP contribution is -2.36. The molecule has 1 aliphatic rings. The highest BCUT2D eigenvalue weighted by Gasteiger charge is 2.19. The molecule has 1 aromatic rings. The van der Waals surface area contributed by atoms with E-state index >= 15 is 0 Å². The highest BCUT2D eigenvalue weighted by molar-refractivity contribution is 5.24. The molecule has 2 rings (SSSR count). The fourth-order valence-corrected chi connectivity index (χ4v) is 2.03. The van der Waals surface area contributed by atoms with Gasteiger partial charge in [-0.25, -0.2) is 0 Å². The highest BCUT2D eigenvalue weighted by Crippen LogP contribution is 2.20. The maximum Gasteiger partial charge on any atom is 0.0392 e. The largest absolute Gasteiger partial charge is 0.353 e. The Bertz CT molecular complexity index is 299. The molecule has 13 heavy (non-hydrogen) atoms. The van der Waals surface area contributed by atoms with Crippen molar-refractivity contribution in [1.29, 1.82) is 0 Å². The highest BCUT2D eigenvalue weighted by atomic mass is 15.2. The molecule has 1 aromatic heterocycles. The molecule has 0 fully saturated rings. The lowest BCUT2D eigenvalue weighted by atomic mass is 10.1. The average molecular weight is 178 g/mol. The van der Waals surface area contributed by atoms with E-state index in [4.69, 9.17) is 0 Å². The lowest BCUT2D eigenvalue weighted by molar-refractivity contribution is 0.198. The van der Waals surface area contributed by atoms with Crippen molar-refractivity contribution in [2.45, 2.75) is 32.9 Å². The second-order valence-corrected chi connectivity index (χ2v) is 4.21. The number of rotatable bonds is 1. The number of nitrogens with zero attached hydrogens (tertiary/aromatic N) is 2. The van der Waals surface area contributed by atoms with Crippen LogP contribution in [0, 0.1) is 0 Å². The molecule has 72 valence electrons. The van der Waals surface area contributed by atoms with Crippen molar-refractivity contribution in [1.82, 2.24) is 9.47 Å². The summed E-state index contributed by atoms with van der Waals surface area (Å²) >= 11 is 0. The Kier molecular flexibility index (Phi) is 2.16. The molecule has 0 saturated carbocycles. The Morgan fingerprint density at radius 2 is 2.15 bits per heavy atom. The van der Waals surface area contributed by atoms with Crippen molar-refractivity contribution in [3.05, 3.63) is 23.5 Å². The van der Waals surface area contributed by atoms with Crippen molar-refractivity contribution < 1.29 is 0 Å². The minimum Gasteiger partial charge on any atom is -0.353 e. The molecular weight excluding hydrogens is 160 g/mol. The summed E-state index contributed by atoms with van der Waals surface area (Å²) in [5.41, 5.74) is 3.04. The molecule has 0 radical (unpaired) electrons. The minimum absolute atomic E-state index is 0.669. The maximum atomic E-state index is 2.53. The van der Waals surface area contributed by atoms with Gasteiger partial charge in [0.05, 0.1) is 0 Å². The fourth-order valence-electron chi connectivity index (χ4n) is 2.03. The Labute approximate surface area is 80.2 Å². The zero-order valence-corrected chi connectivity index (χ0v) is 8.75. The van der Waals surface area contributed by atoms with E-state index < -0.39 is 0 Å². The zero-order chi connectivity index (χ0) is 9.42. The summed E-state index contributed by atoms with van der Waals surface area (Å²) in [7, 11) is 2.14. The first-order valence-electron chi connectivity index (χ1n) is 5.05. The summed E-state index contributed by atoms with van der Waals surface area (Å²) in [6, 6.07) is 2.93. The number of fused-ring (bicyclic) bond motifs is 1. The summed E-state index contributed by atoms with van der Waals surface area (Å²) in [6.07, 6.45) is 3.39. The number of aromatic nitrogens is 1. The van der Waals surface area contributed by atoms with Crippen molar-refractivity contribution >= 4 is 0 Å². The van der Waals surface area contributed by atoms with Crippen molar-refractivity contribution in [3.63, 3.8) is 0 Å². The van der Waals surface area contributed by atoms with Crippen molar-refractivity contribution in [2.24, 2.45) is 7.05 Å². The number of hydrogen-bond donors (Lipinski definition) is 0. The topological polar surface area (TPSA) is 8.17 Å². The summed E-state index contributed by atoms with van der Waals surface area (Å²) in [5, 5.41) is 0. The Hall–Kier alpha value is -0.760. The first kappa shape index (κ1) is 8.82. The molecule has 0 bridgehead atoms. The Balaban J connectivity index is 2.22. The average Bonchev–Trinajstić information content (AvgIpc) is 2.47. The first-order chi connectivity index (χ1) is 6.18. The fraction of sp³-hybridized carbons (Fsp3) is 0.636. The van der Waals surface area contributed by atoms with Crippen LogP contribution in [-0.2, 0) is 20.0 Å². The molecule has 2 heterocycles. The van der Waals surface area contributed by atoms with Gasteiger partial charge in [-0.05, 0) is 31.9 Å². The van der Waals surface area contributed by atoms with E-state index in [1.165, 1.54) is 18.7 Å². The number of aryl methyl sites for hydroxylation is 1. The van der Waals surface area contributed by atoms with E-state index in [2.05, 4.69) is 42.6 Å². The second kappa shape index (κ2) is 3.18. The van der Waals surface area contributed by atoms with Crippen LogP contribution in [0.25, 0.3) is 0 Å². The van der Waals surface area contributed by atoms with Gasteiger partial charge in [0.1, 0.15) is 0 Å². The first-order valence-corrected chi connectivity index (χ1v) is 5.05. The molecule has 0 amide bonds. The van der Waals surface area contributed by atoms with Gasteiger partial charge in [-0.1, -0.05) is 0 Å². The normalized spacial score (nSPS) is 17.8. The molecule has 0 atom stereocenters. The van der Waals surface area contributed by atoms with Crippen LogP contribution in [0.15, 0.2) is 12.3 Å². The van der Waals surface area contributed by atoms with E-state index in [0.717, 1.165) is 6.54 Å². The Morgan fingerprint density at radius 3 is 2.85 bits per heavy atom. The molecule has 0 saturated heterocycles. The zero-order valence-electron chi connectivity index (χ0n) is 8.75. The molecule has 2 heteroatoms. The van der Waals surface area contributed by atoms with Gasteiger partial charge in [-0.3, -0.25) is 4.90 Å². The van der Waals surface area contributed by atoms with Gasteiger partial charge in [0.15, 0.2) is 0 Å². The third-order valence-corrected chi connectivity index (χ3v) is 3.05. The van der Waals surface area contributed by atoms with E-state index in [9.17, 15) is 0 Å². The molecule has 0 aliphatic carbocycles. The van der Waals surface area contributed by atoms with Gasteiger partial charge in [-0.15, -0.1) is 0 Å². The van der Waals surface area contributed by atoms with Gasteiger partial charge in [0, 0.05) is 38.1 Å². The molecule has 0 aromatic carbocycles. The summed E-state index contributed by atoms with van der Waals surface area (Å²) < 4.78 is 2.25. The van der Waals surface area contributed by atoms with E-state index in [1.807, 2.05) is 0 Å². The lowest BCUT2D eigenvalue weighted by Gasteiger charge is -2.31. The van der Waals surface area contributed by atoms with Crippen LogP contribution < -0.4 is 0 Å². The van der Waals surface area contributed by atoms with E-state index in [0.29, 0.717) is 6.04 Å². The SMILES string of the molecule is CC(C)N1CCc2ccn(C)c2C1. The predicted octanol–water partition coefficient (Wildman–Crippen LogP) is 1.79. The van der Waals surface area contributed by atoms with Crippen molar-refractivity contribution in [2.75, 3.05) is 6.54 Å². The van der Waals surface area contributed by atoms with Gasteiger partial charge in [0.2, 0.25) is 0 Å². The third kappa shape index (κ3) is 1.51. The second-order valence-electron chi connectivity index (χ2n) is 4.21. The third-order valence-electron chi connectivity index (χ3n) is 3.05. The molecule has 0 unspecified atom stereocenters. The smallest absolute Gasteiger partial charge is 0.0392 e. The van der Waals surface area contributed by atoms with E-state index in [-0.39, 0.29) is 0 Å². The Morgan fingerprint density at radius 1 is 1.38 bits per heavy atom. The van der Waals surface area contributed by atoms with Gasteiger partial charge < -0.3 is 4.57 Å². The van der Waals surface area contributed by atoms with Crippen LogP contribution in [0.5, 0.6) is 0 Å². The van der Waals surface area contributed by atoms with Crippen LogP contribution in [0.3, 0.4) is 0 Å². The maximum absolute atomic E-state index is 2.53. The van der Waals surface area contributed by atoms with E-state index in [1.54, 1.807) is 5.56 Å². The summed E-state index contributed by atoms with van der Waals surface area (Å²) in [5.74, 6) is 0. The molecule has 2 nitrogen and oxygen atoms in total. The van der Waals surface area contributed by atoms with Gasteiger partial charge in [0.25, 0.3) is 0 Å². The van der Waals surface area contributed by atoms with Gasteiger partial charge in [-0.2, -0.15) is 0 Å². The summed E-state index contributed by atoms with van der Waals surface area (Å²) in [6.45, 7) is 6.88. The van der Waals surface area contributed by atoms with Crippen LogP contribution >= 0.6 is 0 Å². The standard InChI is InChI=1S/C11H18N2/c1-9(2)13-7-5-10-4-6-12(3)11(10)8-13/h4,6,9H,5,7-8H2,1-3H3.